The third-order valence-electron chi connectivity index (χ3n) is 10.9. The number of carbonyl (C=O) groups is 1. The minimum Gasteiger partial charge on any atom is -0.481 e. The van der Waals surface area contributed by atoms with Gasteiger partial charge >= 0.3 is 5.97 Å². The van der Waals surface area contributed by atoms with E-state index in [4.69, 9.17) is 5.11 Å². The van der Waals surface area contributed by atoms with Crippen LogP contribution in [-0.2, 0) is 4.79 Å². The van der Waals surface area contributed by atoms with Gasteiger partial charge in [0.1, 0.15) is 0 Å². The van der Waals surface area contributed by atoms with Crippen molar-refractivity contribution in [1.82, 2.24) is 0 Å². The molecule has 0 radical (unpaired) electrons. The smallest absolute Gasteiger partial charge is 0.303 e. The Morgan fingerprint density at radius 1 is 1.00 bits per heavy atom. The summed E-state index contributed by atoms with van der Waals surface area (Å²) in [6.45, 7) is 9.86. The van der Waals surface area contributed by atoms with Gasteiger partial charge in [-0.25, -0.2) is 0 Å². The van der Waals surface area contributed by atoms with Gasteiger partial charge in [-0.2, -0.15) is 0 Å². The Morgan fingerprint density at radius 2 is 1.69 bits per heavy atom. The molecule has 4 rings (SSSR count). The highest BCUT2D eigenvalue weighted by molar-refractivity contribution is 5.66. The molecule has 0 amide bonds. The molecule has 3 nitrogen and oxygen atoms in total. The van der Waals surface area contributed by atoms with Gasteiger partial charge in [0, 0.05) is 6.42 Å². The van der Waals surface area contributed by atoms with E-state index in [1.165, 1.54) is 44.9 Å². The molecule has 4 saturated carbocycles. The van der Waals surface area contributed by atoms with Crippen molar-refractivity contribution in [3.8, 4) is 0 Å². The molecule has 0 saturated heterocycles. The Morgan fingerprint density at radius 3 is 2.38 bits per heavy atom. The number of hydrogen-bond donors (Lipinski definition) is 2. The first kappa shape index (κ1) is 21.7. The first-order chi connectivity index (χ1) is 13.7. The average molecular weight is 405 g/mol. The molecule has 0 heterocycles. The van der Waals surface area contributed by atoms with Gasteiger partial charge in [0.2, 0.25) is 0 Å². The molecule has 4 aliphatic rings. The standard InChI is InChI=1S/C26H44O3/c1-5-17-14-19-21-8-7-20(16(2)6-9-24(28)29)25(21,3)13-11-22(19)26(4)12-10-18(27)15-23(17)26/h16-23,27H,5-15H2,1-4H3,(H,28,29)/t16-,17+,18-,19?,20-,21?,22?,23?,25-,26-/m1/s1. The maximum absolute atomic E-state index is 11.1. The zero-order valence-electron chi connectivity index (χ0n) is 19.2. The monoisotopic (exact) mass is 404 g/mol. The zero-order chi connectivity index (χ0) is 21.0. The first-order valence-electron chi connectivity index (χ1n) is 12.6. The lowest BCUT2D eigenvalue weighted by Gasteiger charge is -2.63. The number of aliphatic hydroxyl groups excluding tert-OH is 1. The van der Waals surface area contributed by atoms with E-state index < -0.39 is 5.97 Å². The van der Waals surface area contributed by atoms with Crippen LogP contribution >= 0.6 is 0 Å². The highest BCUT2D eigenvalue weighted by Gasteiger charge is 2.62. The maximum atomic E-state index is 11.1. The molecule has 2 N–H and O–H groups in total. The van der Waals surface area contributed by atoms with Crippen molar-refractivity contribution in [3.63, 3.8) is 0 Å². The van der Waals surface area contributed by atoms with Crippen LogP contribution in [0.25, 0.3) is 0 Å². The van der Waals surface area contributed by atoms with Crippen molar-refractivity contribution in [2.75, 3.05) is 0 Å². The topological polar surface area (TPSA) is 57.5 Å². The summed E-state index contributed by atoms with van der Waals surface area (Å²) in [6, 6.07) is 0. The summed E-state index contributed by atoms with van der Waals surface area (Å²) in [4.78, 5) is 11.1. The van der Waals surface area contributed by atoms with Gasteiger partial charge < -0.3 is 10.2 Å². The van der Waals surface area contributed by atoms with Gasteiger partial charge in [0.15, 0.2) is 0 Å². The predicted octanol–water partition coefficient (Wildman–Crippen LogP) is 6.14. The molecule has 4 fully saturated rings. The number of rotatable bonds is 5. The summed E-state index contributed by atoms with van der Waals surface area (Å²) in [5, 5.41) is 19.6. The van der Waals surface area contributed by atoms with Crippen molar-refractivity contribution in [3.05, 3.63) is 0 Å². The fourth-order valence-electron chi connectivity index (χ4n) is 9.46. The van der Waals surface area contributed by atoms with Crippen molar-refractivity contribution < 1.29 is 15.0 Å². The molecular formula is C26H44O3. The lowest BCUT2D eigenvalue weighted by molar-refractivity contribution is -0.152. The highest BCUT2D eigenvalue weighted by atomic mass is 16.4. The average Bonchev–Trinajstić information content (AvgIpc) is 3.03. The van der Waals surface area contributed by atoms with Gasteiger partial charge in [-0.15, -0.1) is 0 Å². The minimum atomic E-state index is -0.642. The summed E-state index contributed by atoms with van der Waals surface area (Å²) in [6.07, 6.45) is 12.4. The number of hydrogen-bond acceptors (Lipinski definition) is 2. The third kappa shape index (κ3) is 3.48. The van der Waals surface area contributed by atoms with Crippen LogP contribution in [0.2, 0.25) is 0 Å². The number of carboxylic acids is 1. The van der Waals surface area contributed by atoms with Crippen LogP contribution in [0.4, 0.5) is 0 Å². The summed E-state index contributed by atoms with van der Waals surface area (Å²) in [7, 11) is 0. The summed E-state index contributed by atoms with van der Waals surface area (Å²) in [5.41, 5.74) is 0.839. The Balaban J connectivity index is 1.57. The highest BCUT2D eigenvalue weighted by Crippen LogP contribution is 2.69. The quantitative estimate of drug-likeness (QED) is 0.578. The molecule has 0 spiro atoms. The van der Waals surface area contributed by atoms with Gasteiger partial charge in [0.25, 0.3) is 0 Å². The maximum Gasteiger partial charge on any atom is 0.303 e. The first-order valence-corrected chi connectivity index (χ1v) is 12.6. The molecule has 3 heteroatoms. The molecule has 166 valence electrons. The Labute approximate surface area is 178 Å². The van der Waals surface area contributed by atoms with Crippen LogP contribution in [0, 0.1) is 52.3 Å². The predicted molar refractivity (Wildman–Crippen MR) is 116 cm³/mol. The van der Waals surface area contributed by atoms with Crippen molar-refractivity contribution in [2.24, 2.45) is 52.3 Å². The second-order valence-corrected chi connectivity index (χ2v) is 12.0. The second-order valence-electron chi connectivity index (χ2n) is 12.0. The van der Waals surface area contributed by atoms with Crippen LogP contribution in [0.3, 0.4) is 0 Å². The minimum absolute atomic E-state index is 0.0709. The Kier molecular flexibility index (Phi) is 5.86. The summed E-state index contributed by atoms with van der Waals surface area (Å²) in [5.74, 6) is 4.60. The lowest BCUT2D eigenvalue weighted by Crippen LogP contribution is -2.56. The molecule has 4 aliphatic carbocycles. The van der Waals surface area contributed by atoms with E-state index in [1.54, 1.807) is 0 Å². The zero-order valence-corrected chi connectivity index (χ0v) is 19.2. The SMILES string of the molecule is CC[C@H]1CC2C(CC[C@@]3(C)C2CC[C@@H]3[C@H](C)CCC(=O)O)[C@@]2(C)CC[C@@H](O)CC12. The fraction of sp³-hybridized carbons (Fsp3) is 0.962. The molecular weight excluding hydrogens is 360 g/mol. The van der Waals surface area contributed by atoms with Crippen LogP contribution in [0.5, 0.6) is 0 Å². The van der Waals surface area contributed by atoms with Crippen LogP contribution in [0.15, 0.2) is 0 Å². The molecule has 10 atom stereocenters. The van der Waals surface area contributed by atoms with Gasteiger partial charge in [-0.3, -0.25) is 4.79 Å². The number of fused-ring (bicyclic) bond motifs is 5. The van der Waals surface area contributed by atoms with Gasteiger partial charge in [-0.05, 0) is 110 Å². The Hall–Kier alpha value is -0.570. The summed E-state index contributed by atoms with van der Waals surface area (Å²) >= 11 is 0. The normalized spacial score (nSPS) is 50.3. The van der Waals surface area contributed by atoms with Crippen molar-refractivity contribution in [1.29, 1.82) is 0 Å². The number of carboxylic acid groups (broad SMARTS) is 1. The molecule has 0 bridgehead atoms. The molecule has 0 aliphatic heterocycles. The lowest BCUT2D eigenvalue weighted by atomic mass is 9.42. The van der Waals surface area contributed by atoms with E-state index >= 15 is 0 Å². The largest absolute Gasteiger partial charge is 0.481 e. The van der Waals surface area contributed by atoms with E-state index in [-0.39, 0.29) is 6.10 Å². The van der Waals surface area contributed by atoms with Crippen LogP contribution < -0.4 is 0 Å². The molecule has 0 aromatic heterocycles. The van der Waals surface area contributed by atoms with E-state index in [0.717, 1.165) is 42.9 Å². The van der Waals surface area contributed by atoms with Gasteiger partial charge in [-0.1, -0.05) is 34.1 Å². The Bertz CT molecular complexity index is 617. The third-order valence-corrected chi connectivity index (χ3v) is 10.9. The van der Waals surface area contributed by atoms with E-state index in [9.17, 15) is 9.90 Å². The van der Waals surface area contributed by atoms with Crippen LogP contribution in [-0.4, -0.2) is 22.3 Å². The summed E-state index contributed by atoms with van der Waals surface area (Å²) < 4.78 is 0. The van der Waals surface area contributed by atoms with Crippen LogP contribution in [0.1, 0.15) is 98.3 Å². The van der Waals surface area contributed by atoms with Crippen molar-refractivity contribution >= 4 is 5.97 Å². The van der Waals surface area contributed by atoms with E-state index in [2.05, 4.69) is 27.7 Å². The number of aliphatic carboxylic acids is 1. The molecule has 29 heavy (non-hydrogen) atoms. The van der Waals surface area contributed by atoms with Gasteiger partial charge in [0.05, 0.1) is 6.10 Å². The molecule has 4 unspecified atom stereocenters. The molecule has 0 aromatic rings. The van der Waals surface area contributed by atoms with E-state index in [1.807, 2.05) is 0 Å². The van der Waals surface area contributed by atoms with E-state index in [0.29, 0.717) is 35.0 Å². The second kappa shape index (κ2) is 7.84. The van der Waals surface area contributed by atoms with Crippen molar-refractivity contribution in [2.45, 2.75) is 104 Å². The number of aliphatic hydroxyl groups is 1. The molecule has 0 aromatic carbocycles. The fourth-order valence-corrected chi connectivity index (χ4v) is 9.46.